The Bertz CT molecular complexity index is 977. The molecule has 0 saturated heterocycles. The number of hydrogen-bond acceptors (Lipinski definition) is 1. The fraction of sp³-hybridized carbons (Fsp3) is 0.533. The van der Waals surface area contributed by atoms with Gasteiger partial charge in [-0.05, 0) is 75.0 Å². The minimum atomic E-state index is -1.22. The topological polar surface area (TPSA) is 9.23 Å². The first-order chi connectivity index (χ1) is 17.0. The molecule has 1 fully saturated rings. The fourth-order valence-electron chi connectivity index (χ4n) is 5.04. The first kappa shape index (κ1) is 27.3. The predicted molar refractivity (Wildman–Crippen MR) is 135 cm³/mol. The fourth-order valence-corrected chi connectivity index (χ4v) is 5.04. The molecule has 1 aliphatic carbocycles. The molecule has 0 unspecified atom stereocenters. The van der Waals surface area contributed by atoms with Gasteiger partial charge in [0.25, 0.3) is 0 Å². The summed E-state index contributed by atoms with van der Waals surface area (Å²) >= 11 is 0. The molecule has 3 rings (SSSR count). The molecule has 0 radical (unpaired) electrons. The normalized spacial score (nSPS) is 18.3. The van der Waals surface area contributed by atoms with E-state index in [1.54, 1.807) is 0 Å². The van der Waals surface area contributed by atoms with Crippen LogP contribution in [0, 0.1) is 29.2 Å². The van der Waals surface area contributed by atoms with Crippen LogP contribution >= 0.6 is 0 Å². The third-order valence-electron chi connectivity index (χ3n) is 7.20. The van der Waals surface area contributed by atoms with Crippen LogP contribution < -0.4 is 4.74 Å². The van der Waals surface area contributed by atoms with E-state index < -0.39 is 23.3 Å². The van der Waals surface area contributed by atoms with Crippen LogP contribution in [0.25, 0.3) is 11.1 Å². The highest BCUT2D eigenvalue weighted by Gasteiger charge is 2.27. The molecule has 0 N–H and O–H groups in total. The molecule has 0 spiro atoms. The zero-order valence-corrected chi connectivity index (χ0v) is 21.0. The van der Waals surface area contributed by atoms with Gasteiger partial charge in [0, 0.05) is 11.1 Å². The Morgan fingerprint density at radius 3 is 2.09 bits per heavy atom. The molecule has 0 bridgehead atoms. The Morgan fingerprint density at radius 2 is 1.40 bits per heavy atom. The minimum absolute atomic E-state index is 0.0558. The van der Waals surface area contributed by atoms with Gasteiger partial charge in [-0.1, -0.05) is 63.3 Å². The maximum atomic E-state index is 15.0. The molecule has 0 aromatic heterocycles. The lowest BCUT2D eigenvalue weighted by Crippen LogP contribution is -2.14. The summed E-state index contributed by atoms with van der Waals surface area (Å²) in [4.78, 5) is 0. The van der Waals surface area contributed by atoms with E-state index in [0.29, 0.717) is 11.5 Å². The van der Waals surface area contributed by atoms with E-state index in [4.69, 9.17) is 4.74 Å². The van der Waals surface area contributed by atoms with Crippen LogP contribution in [0.4, 0.5) is 17.6 Å². The Labute approximate surface area is 207 Å². The van der Waals surface area contributed by atoms with Gasteiger partial charge in [0.15, 0.2) is 23.2 Å². The second-order valence-corrected chi connectivity index (χ2v) is 9.71. The Hall–Kier alpha value is -2.30. The second kappa shape index (κ2) is 13.7. The first-order valence-electron chi connectivity index (χ1n) is 13.2. The number of hydrogen-bond donors (Lipinski definition) is 0. The average Bonchev–Trinajstić information content (AvgIpc) is 2.87. The number of rotatable bonds is 12. The minimum Gasteiger partial charge on any atom is -0.490 e. The van der Waals surface area contributed by atoms with E-state index in [-0.39, 0.29) is 29.4 Å². The van der Waals surface area contributed by atoms with Gasteiger partial charge in [0.1, 0.15) is 0 Å². The van der Waals surface area contributed by atoms with Crippen LogP contribution in [-0.2, 0) is 0 Å². The van der Waals surface area contributed by atoms with Crippen molar-refractivity contribution in [1.29, 1.82) is 0 Å². The van der Waals surface area contributed by atoms with Gasteiger partial charge in [-0.3, -0.25) is 0 Å². The molecular formula is C30H38F4O. The first-order valence-corrected chi connectivity index (χ1v) is 13.2. The van der Waals surface area contributed by atoms with Crippen molar-refractivity contribution >= 4 is 0 Å². The molecule has 1 aliphatic rings. The lowest BCUT2D eigenvalue weighted by molar-refractivity contribution is 0.285. The Morgan fingerprint density at radius 1 is 0.771 bits per heavy atom. The van der Waals surface area contributed by atoms with E-state index in [1.807, 2.05) is 13.0 Å². The predicted octanol–water partition coefficient (Wildman–Crippen LogP) is 9.89. The molecule has 0 aliphatic heterocycles. The van der Waals surface area contributed by atoms with Gasteiger partial charge >= 0.3 is 0 Å². The van der Waals surface area contributed by atoms with Crippen molar-refractivity contribution in [3.8, 4) is 16.9 Å². The molecule has 1 saturated carbocycles. The number of unbranched alkanes of at least 4 members (excludes halogenated alkanes) is 5. The van der Waals surface area contributed by atoms with E-state index in [2.05, 4.69) is 13.0 Å². The number of allylic oxidation sites excluding steroid dienone is 2. The SMILES string of the molecule is C/C=C\CC1CCC(c2ccc(-c3ccc(OCCCCCCCC)c(F)c3F)c(F)c2F)CC1. The highest BCUT2D eigenvalue weighted by molar-refractivity contribution is 5.66. The lowest BCUT2D eigenvalue weighted by Gasteiger charge is -2.28. The van der Waals surface area contributed by atoms with Gasteiger partial charge in [-0.15, -0.1) is 0 Å². The smallest absolute Gasteiger partial charge is 0.201 e. The molecule has 0 amide bonds. The van der Waals surface area contributed by atoms with Crippen molar-refractivity contribution in [3.05, 3.63) is 65.2 Å². The molecular weight excluding hydrogens is 452 g/mol. The second-order valence-electron chi connectivity index (χ2n) is 9.71. The molecule has 0 atom stereocenters. The van der Waals surface area contributed by atoms with Gasteiger partial charge in [0.2, 0.25) is 5.82 Å². The third-order valence-corrected chi connectivity index (χ3v) is 7.20. The van der Waals surface area contributed by atoms with Crippen molar-refractivity contribution in [1.82, 2.24) is 0 Å². The van der Waals surface area contributed by atoms with Crippen molar-refractivity contribution in [3.63, 3.8) is 0 Å². The summed E-state index contributed by atoms with van der Waals surface area (Å²) in [6.07, 6.45) is 15.1. The van der Waals surface area contributed by atoms with Crippen LogP contribution in [0.1, 0.15) is 96.0 Å². The summed E-state index contributed by atoms with van der Waals surface area (Å²) in [5.41, 5.74) is -0.241. The van der Waals surface area contributed by atoms with Crippen LogP contribution in [0.3, 0.4) is 0 Å². The molecule has 2 aromatic carbocycles. The maximum absolute atomic E-state index is 15.0. The quantitative estimate of drug-likeness (QED) is 0.163. The highest BCUT2D eigenvalue weighted by Crippen LogP contribution is 2.40. The summed E-state index contributed by atoms with van der Waals surface area (Å²) in [5, 5.41) is 0. The van der Waals surface area contributed by atoms with Crippen molar-refractivity contribution in [2.45, 2.75) is 90.4 Å². The van der Waals surface area contributed by atoms with Gasteiger partial charge in [-0.25, -0.2) is 13.2 Å². The monoisotopic (exact) mass is 490 g/mol. The molecule has 2 aromatic rings. The van der Waals surface area contributed by atoms with Gasteiger partial charge in [-0.2, -0.15) is 4.39 Å². The molecule has 0 heterocycles. The highest BCUT2D eigenvalue weighted by atomic mass is 19.2. The van der Waals surface area contributed by atoms with Crippen molar-refractivity contribution < 1.29 is 22.3 Å². The number of benzene rings is 2. The zero-order chi connectivity index (χ0) is 25.2. The van der Waals surface area contributed by atoms with Gasteiger partial charge < -0.3 is 4.74 Å². The van der Waals surface area contributed by atoms with Crippen molar-refractivity contribution in [2.24, 2.45) is 5.92 Å². The Balaban J connectivity index is 1.66. The summed E-state index contributed by atoms with van der Waals surface area (Å²) in [5.74, 6) is -4.15. The van der Waals surface area contributed by atoms with E-state index in [1.165, 1.54) is 37.1 Å². The van der Waals surface area contributed by atoms with Crippen LogP contribution in [0.2, 0.25) is 0 Å². The summed E-state index contributed by atoms with van der Waals surface area (Å²) in [7, 11) is 0. The molecule has 1 nitrogen and oxygen atoms in total. The summed E-state index contributed by atoms with van der Waals surface area (Å²) in [6.45, 7) is 4.44. The van der Waals surface area contributed by atoms with Crippen LogP contribution in [0.5, 0.6) is 5.75 Å². The molecule has 35 heavy (non-hydrogen) atoms. The molecule has 192 valence electrons. The van der Waals surface area contributed by atoms with Gasteiger partial charge in [0.05, 0.1) is 6.61 Å². The zero-order valence-electron chi connectivity index (χ0n) is 21.0. The maximum Gasteiger partial charge on any atom is 0.201 e. The van der Waals surface area contributed by atoms with E-state index in [0.717, 1.165) is 57.8 Å². The number of ether oxygens (including phenoxy) is 1. The summed E-state index contributed by atoms with van der Waals surface area (Å²) < 4.78 is 64.9. The van der Waals surface area contributed by atoms with Crippen LogP contribution in [0.15, 0.2) is 36.4 Å². The van der Waals surface area contributed by atoms with E-state index >= 15 is 8.78 Å². The standard InChI is InChI=1S/C30H38F4O/c1-3-5-7-8-9-10-20-35-26-19-18-25(29(33)30(26)34)24-17-16-23(27(31)28(24)32)22-14-12-21(13-15-22)11-6-4-2/h4,6,16-19,21-22H,3,5,7-15,20H2,1-2H3/b6-4-. The van der Waals surface area contributed by atoms with Crippen LogP contribution in [-0.4, -0.2) is 6.61 Å². The summed E-state index contributed by atoms with van der Waals surface area (Å²) in [6, 6.07) is 5.46. The largest absolute Gasteiger partial charge is 0.490 e. The Kier molecular flexibility index (Phi) is 10.7. The lowest BCUT2D eigenvalue weighted by atomic mass is 9.77. The van der Waals surface area contributed by atoms with E-state index in [9.17, 15) is 8.78 Å². The molecule has 5 heteroatoms. The van der Waals surface area contributed by atoms with Crippen molar-refractivity contribution in [2.75, 3.05) is 6.61 Å². The number of halogens is 4. The average molecular weight is 491 g/mol. The third kappa shape index (κ3) is 7.11.